The fraction of sp³-hybridized carbons (Fsp3) is 0.500. The molecule has 6 heteroatoms. The van der Waals surface area contributed by atoms with Crippen LogP contribution < -0.4 is 4.90 Å². The van der Waals surface area contributed by atoms with Crippen molar-refractivity contribution in [1.29, 1.82) is 0 Å². The Kier molecular flexibility index (Phi) is 4.08. The van der Waals surface area contributed by atoms with Crippen molar-refractivity contribution in [3.05, 3.63) is 28.5 Å². The Morgan fingerprint density at radius 3 is 2.91 bits per heavy atom. The molecule has 0 spiro atoms. The number of rotatable bonds is 2. The molecular formula is C16H18ClFN2O2. The van der Waals surface area contributed by atoms with Crippen molar-refractivity contribution in [2.45, 2.75) is 26.2 Å². The first-order valence-electron chi connectivity index (χ1n) is 7.58. The molecule has 4 nitrogen and oxygen atoms in total. The number of anilines is 1. The monoisotopic (exact) mass is 324 g/mol. The molecule has 0 bridgehead atoms. The molecule has 1 aromatic rings. The van der Waals surface area contributed by atoms with Crippen LogP contribution in [0.5, 0.6) is 0 Å². The van der Waals surface area contributed by atoms with Crippen molar-refractivity contribution in [1.82, 2.24) is 4.90 Å². The van der Waals surface area contributed by atoms with Gasteiger partial charge in [0.05, 0.1) is 11.6 Å². The normalized spacial score (nSPS) is 21.2. The number of benzene rings is 1. The van der Waals surface area contributed by atoms with Gasteiger partial charge in [0.25, 0.3) is 0 Å². The van der Waals surface area contributed by atoms with E-state index < -0.39 is 5.82 Å². The van der Waals surface area contributed by atoms with E-state index in [9.17, 15) is 14.0 Å². The van der Waals surface area contributed by atoms with Gasteiger partial charge in [0.15, 0.2) is 0 Å². The van der Waals surface area contributed by atoms with Crippen molar-refractivity contribution in [2.75, 3.05) is 24.5 Å². The lowest BCUT2D eigenvalue weighted by molar-refractivity contribution is -0.128. The van der Waals surface area contributed by atoms with E-state index in [4.69, 9.17) is 11.6 Å². The number of fused-ring (bicyclic) bond motifs is 1. The molecule has 0 aromatic heterocycles. The van der Waals surface area contributed by atoms with Gasteiger partial charge in [-0.15, -0.1) is 0 Å². The lowest BCUT2D eigenvalue weighted by atomic mass is 9.98. The topological polar surface area (TPSA) is 40.6 Å². The summed E-state index contributed by atoms with van der Waals surface area (Å²) >= 11 is 5.90. The SMILES string of the molecule is CCN1CC(C(=O)N2CCCc3cc(Cl)cc(F)c32)CC1=O. The second kappa shape index (κ2) is 5.88. The maximum Gasteiger partial charge on any atom is 0.232 e. The van der Waals surface area contributed by atoms with Gasteiger partial charge in [-0.25, -0.2) is 4.39 Å². The van der Waals surface area contributed by atoms with Crippen LogP contribution in [0.1, 0.15) is 25.3 Å². The number of halogens is 2. The summed E-state index contributed by atoms with van der Waals surface area (Å²) in [5, 5.41) is 0.346. The zero-order valence-corrected chi connectivity index (χ0v) is 13.2. The zero-order chi connectivity index (χ0) is 15.9. The standard InChI is InChI=1S/C16H18ClFN2O2/c1-2-19-9-11(7-14(19)21)16(22)20-5-3-4-10-6-12(17)8-13(18)15(10)20/h6,8,11H,2-5,7,9H2,1H3. The molecule has 2 heterocycles. The van der Waals surface area contributed by atoms with Gasteiger partial charge in [-0.2, -0.15) is 0 Å². The van der Waals surface area contributed by atoms with Crippen LogP contribution >= 0.6 is 11.6 Å². The van der Waals surface area contributed by atoms with Crippen LogP contribution in [0, 0.1) is 11.7 Å². The molecule has 0 N–H and O–H groups in total. The van der Waals surface area contributed by atoms with Crippen molar-refractivity contribution < 1.29 is 14.0 Å². The van der Waals surface area contributed by atoms with Gasteiger partial charge >= 0.3 is 0 Å². The van der Waals surface area contributed by atoms with Gasteiger partial charge in [0, 0.05) is 31.1 Å². The molecule has 3 rings (SSSR count). The molecule has 118 valence electrons. The fourth-order valence-electron chi connectivity index (χ4n) is 3.34. The van der Waals surface area contributed by atoms with Crippen LogP contribution in [0.3, 0.4) is 0 Å². The first-order chi connectivity index (χ1) is 10.5. The number of amides is 2. The Bertz CT molecular complexity index is 635. The quantitative estimate of drug-likeness (QED) is 0.839. The van der Waals surface area contributed by atoms with Crippen molar-refractivity contribution >= 4 is 29.1 Å². The summed E-state index contributed by atoms with van der Waals surface area (Å²) in [7, 11) is 0. The Hall–Kier alpha value is -1.62. The maximum atomic E-state index is 14.3. The van der Waals surface area contributed by atoms with E-state index in [1.54, 1.807) is 11.0 Å². The number of likely N-dealkylation sites (tertiary alicyclic amines) is 1. The minimum Gasteiger partial charge on any atom is -0.342 e. The molecule has 1 fully saturated rings. The molecule has 0 saturated carbocycles. The van der Waals surface area contributed by atoms with Crippen LogP contribution in [0.25, 0.3) is 0 Å². The second-order valence-electron chi connectivity index (χ2n) is 5.82. The number of hydrogen-bond acceptors (Lipinski definition) is 2. The van der Waals surface area contributed by atoms with E-state index in [0.717, 1.165) is 12.0 Å². The number of aryl methyl sites for hydroxylation is 1. The van der Waals surface area contributed by atoms with Crippen LogP contribution in [-0.4, -0.2) is 36.3 Å². The summed E-state index contributed by atoms with van der Waals surface area (Å²) in [4.78, 5) is 27.8. The predicted octanol–water partition coefficient (Wildman–Crippen LogP) is 2.63. The molecule has 1 aromatic carbocycles. The van der Waals surface area contributed by atoms with Crippen molar-refractivity contribution in [2.24, 2.45) is 5.92 Å². The van der Waals surface area contributed by atoms with Gasteiger partial charge in [-0.1, -0.05) is 11.6 Å². The van der Waals surface area contributed by atoms with E-state index in [2.05, 4.69) is 0 Å². The van der Waals surface area contributed by atoms with Crippen LogP contribution in [0.15, 0.2) is 12.1 Å². The van der Waals surface area contributed by atoms with Gasteiger partial charge < -0.3 is 9.80 Å². The van der Waals surface area contributed by atoms with Gasteiger partial charge in [0.2, 0.25) is 11.8 Å². The van der Waals surface area contributed by atoms with E-state index in [1.165, 1.54) is 11.0 Å². The molecule has 2 aliphatic rings. The third-order valence-corrected chi connectivity index (χ3v) is 4.63. The van der Waals surface area contributed by atoms with Crippen LogP contribution in [-0.2, 0) is 16.0 Å². The minimum absolute atomic E-state index is 0.00494. The highest BCUT2D eigenvalue weighted by Gasteiger charge is 2.38. The Morgan fingerprint density at radius 2 is 2.23 bits per heavy atom. The maximum absolute atomic E-state index is 14.3. The molecule has 1 saturated heterocycles. The van der Waals surface area contributed by atoms with Gasteiger partial charge in [-0.3, -0.25) is 9.59 Å². The predicted molar refractivity (Wildman–Crippen MR) is 82.4 cm³/mol. The summed E-state index contributed by atoms with van der Waals surface area (Å²) in [6.45, 7) is 3.40. The smallest absolute Gasteiger partial charge is 0.232 e. The number of carbonyl (C=O) groups is 2. The third kappa shape index (κ3) is 2.58. The first kappa shape index (κ1) is 15.3. The second-order valence-corrected chi connectivity index (χ2v) is 6.26. The molecule has 1 atom stereocenters. The Balaban J connectivity index is 1.88. The van der Waals surface area contributed by atoms with Crippen molar-refractivity contribution in [3.63, 3.8) is 0 Å². The minimum atomic E-state index is -0.466. The van der Waals surface area contributed by atoms with Crippen LogP contribution in [0.4, 0.5) is 10.1 Å². The fourth-order valence-corrected chi connectivity index (χ4v) is 3.56. The third-order valence-electron chi connectivity index (χ3n) is 4.42. The average molecular weight is 325 g/mol. The molecule has 1 unspecified atom stereocenters. The van der Waals surface area contributed by atoms with Gasteiger partial charge in [0.1, 0.15) is 5.82 Å². The highest BCUT2D eigenvalue weighted by atomic mass is 35.5. The summed E-state index contributed by atoms with van der Waals surface area (Å²) in [5.41, 5.74) is 1.10. The van der Waals surface area contributed by atoms with Gasteiger partial charge in [-0.05, 0) is 37.5 Å². The molecular weight excluding hydrogens is 307 g/mol. The Labute approximate surface area is 133 Å². The van der Waals surface area contributed by atoms with E-state index >= 15 is 0 Å². The summed E-state index contributed by atoms with van der Waals surface area (Å²) in [6, 6.07) is 2.96. The average Bonchev–Trinajstić information content (AvgIpc) is 2.86. The number of carbonyl (C=O) groups excluding carboxylic acids is 2. The van der Waals surface area contributed by atoms with E-state index in [-0.39, 0.29) is 24.2 Å². The molecule has 2 amide bonds. The van der Waals surface area contributed by atoms with E-state index in [0.29, 0.717) is 36.8 Å². The lowest BCUT2D eigenvalue weighted by Crippen LogP contribution is -2.41. The largest absolute Gasteiger partial charge is 0.342 e. The summed E-state index contributed by atoms with van der Waals surface area (Å²) in [6.07, 6.45) is 1.70. The number of nitrogens with zero attached hydrogens (tertiary/aromatic N) is 2. The first-order valence-corrected chi connectivity index (χ1v) is 7.96. The molecule has 0 radical (unpaired) electrons. The highest BCUT2D eigenvalue weighted by molar-refractivity contribution is 6.30. The number of hydrogen-bond donors (Lipinski definition) is 0. The van der Waals surface area contributed by atoms with E-state index in [1.807, 2.05) is 6.92 Å². The molecule has 0 aliphatic carbocycles. The molecule has 22 heavy (non-hydrogen) atoms. The zero-order valence-electron chi connectivity index (χ0n) is 12.4. The molecule has 2 aliphatic heterocycles. The Morgan fingerprint density at radius 1 is 1.45 bits per heavy atom. The summed E-state index contributed by atoms with van der Waals surface area (Å²) in [5.74, 6) is -1.01. The highest BCUT2D eigenvalue weighted by Crippen LogP contribution is 2.34. The summed E-state index contributed by atoms with van der Waals surface area (Å²) < 4.78 is 14.3. The lowest BCUT2D eigenvalue weighted by Gasteiger charge is -2.31. The van der Waals surface area contributed by atoms with Crippen molar-refractivity contribution in [3.8, 4) is 0 Å². The van der Waals surface area contributed by atoms with Crippen LogP contribution in [0.2, 0.25) is 5.02 Å².